The highest BCUT2D eigenvalue weighted by molar-refractivity contribution is 5.88. The number of ether oxygens (including phenoxy) is 1. The van der Waals surface area contributed by atoms with Crippen LogP contribution in [0.25, 0.3) is 0 Å². The molecule has 0 saturated carbocycles. The first kappa shape index (κ1) is 23.8. The lowest BCUT2D eigenvalue weighted by molar-refractivity contribution is -0.154. The molecule has 0 spiro atoms. The minimum Gasteiger partial charge on any atom is -0.369 e. The van der Waals surface area contributed by atoms with Gasteiger partial charge in [-0.05, 0) is 51.4 Å². The Labute approximate surface area is 186 Å². The van der Waals surface area contributed by atoms with Gasteiger partial charge in [0.25, 0.3) is 5.91 Å². The van der Waals surface area contributed by atoms with Crippen molar-refractivity contribution in [3.63, 3.8) is 0 Å². The van der Waals surface area contributed by atoms with Crippen molar-refractivity contribution in [2.45, 2.75) is 71.4 Å². The number of hydrogen-bond acceptors (Lipinski definition) is 4. The SMILES string of the molecule is CC(C)CCOC(C)C(=O)N1CCN(C2CCCN(C(=O)C3CC=CCC3)C2)C(=O)C1. The number of likely N-dealkylation sites (tertiary alicyclic amines) is 1. The van der Waals surface area contributed by atoms with Crippen molar-refractivity contribution in [1.29, 1.82) is 0 Å². The highest BCUT2D eigenvalue weighted by atomic mass is 16.5. The van der Waals surface area contributed by atoms with Crippen molar-refractivity contribution < 1.29 is 19.1 Å². The number of hydrogen-bond donors (Lipinski definition) is 0. The number of amides is 3. The zero-order valence-corrected chi connectivity index (χ0v) is 19.4. The Hall–Kier alpha value is -1.89. The quantitative estimate of drug-likeness (QED) is 0.579. The van der Waals surface area contributed by atoms with Crippen LogP contribution >= 0.6 is 0 Å². The third-order valence-corrected chi connectivity index (χ3v) is 6.75. The van der Waals surface area contributed by atoms with Gasteiger partial charge in [0.05, 0.1) is 6.54 Å². The molecule has 0 N–H and O–H groups in total. The van der Waals surface area contributed by atoms with Crippen molar-refractivity contribution in [1.82, 2.24) is 14.7 Å². The van der Waals surface area contributed by atoms with E-state index in [2.05, 4.69) is 26.0 Å². The lowest BCUT2D eigenvalue weighted by Crippen LogP contribution is -2.60. The van der Waals surface area contributed by atoms with Gasteiger partial charge in [-0.1, -0.05) is 26.0 Å². The molecule has 1 aliphatic carbocycles. The van der Waals surface area contributed by atoms with Gasteiger partial charge in [0.15, 0.2) is 0 Å². The molecular weight excluding hydrogens is 394 g/mol. The zero-order valence-electron chi connectivity index (χ0n) is 19.4. The van der Waals surface area contributed by atoms with E-state index < -0.39 is 6.10 Å². The summed E-state index contributed by atoms with van der Waals surface area (Å²) in [7, 11) is 0. The maximum absolute atomic E-state index is 12.9. The summed E-state index contributed by atoms with van der Waals surface area (Å²) in [5.41, 5.74) is 0. The Kier molecular flexibility index (Phi) is 8.52. The fourth-order valence-corrected chi connectivity index (χ4v) is 4.75. The van der Waals surface area contributed by atoms with Crippen molar-refractivity contribution in [3.8, 4) is 0 Å². The molecule has 2 fully saturated rings. The van der Waals surface area contributed by atoms with E-state index in [-0.39, 0.29) is 36.2 Å². The minimum absolute atomic E-state index is 0.0196. The number of piperidine rings is 1. The van der Waals surface area contributed by atoms with Crippen LogP contribution in [0.1, 0.15) is 59.3 Å². The summed E-state index contributed by atoms with van der Waals surface area (Å²) in [6.45, 7) is 9.14. The van der Waals surface area contributed by atoms with E-state index in [1.807, 2.05) is 9.80 Å². The van der Waals surface area contributed by atoms with Crippen molar-refractivity contribution in [2.24, 2.45) is 11.8 Å². The summed E-state index contributed by atoms with van der Waals surface area (Å²) in [5, 5.41) is 0. The van der Waals surface area contributed by atoms with E-state index in [4.69, 9.17) is 4.74 Å². The second-order valence-corrected chi connectivity index (χ2v) is 9.60. The average Bonchev–Trinajstić information content (AvgIpc) is 2.78. The predicted octanol–water partition coefficient (Wildman–Crippen LogP) is 2.46. The van der Waals surface area contributed by atoms with E-state index in [1.54, 1.807) is 11.8 Å². The summed E-state index contributed by atoms with van der Waals surface area (Å²) in [6, 6.07) is 0.0568. The Morgan fingerprint density at radius 3 is 2.58 bits per heavy atom. The number of nitrogens with zero attached hydrogens (tertiary/aromatic N) is 3. The Bertz CT molecular complexity index is 678. The number of allylic oxidation sites excluding steroid dienone is 2. The first-order valence-electron chi connectivity index (χ1n) is 12.0. The molecule has 0 aromatic heterocycles. The average molecular weight is 434 g/mol. The molecule has 0 radical (unpaired) electrons. The standard InChI is InChI=1S/C24H39N3O4/c1-18(2)11-15-31-19(3)23(29)26-13-14-27(22(28)17-26)21-10-7-12-25(16-21)24(30)20-8-5-4-6-9-20/h4-5,18-21H,6-17H2,1-3H3. The molecule has 0 aromatic carbocycles. The highest BCUT2D eigenvalue weighted by Crippen LogP contribution is 2.25. The third kappa shape index (κ3) is 6.31. The Morgan fingerprint density at radius 2 is 1.90 bits per heavy atom. The molecule has 2 saturated heterocycles. The normalized spacial score (nSPS) is 25.8. The van der Waals surface area contributed by atoms with E-state index in [0.29, 0.717) is 32.2 Å². The van der Waals surface area contributed by atoms with E-state index >= 15 is 0 Å². The number of carbonyl (C=O) groups excluding carboxylic acids is 3. The lowest BCUT2D eigenvalue weighted by Gasteiger charge is -2.44. The molecular formula is C24H39N3O4. The van der Waals surface area contributed by atoms with Gasteiger partial charge in [-0.25, -0.2) is 0 Å². The van der Waals surface area contributed by atoms with Gasteiger partial charge in [0, 0.05) is 44.7 Å². The zero-order chi connectivity index (χ0) is 22.4. The van der Waals surface area contributed by atoms with E-state index in [1.165, 1.54) is 0 Å². The molecule has 3 atom stereocenters. The monoisotopic (exact) mass is 433 g/mol. The summed E-state index contributed by atoms with van der Waals surface area (Å²) in [6.07, 6.45) is 9.23. The summed E-state index contributed by atoms with van der Waals surface area (Å²) in [5.74, 6) is 0.731. The van der Waals surface area contributed by atoms with Crippen LogP contribution in [0.5, 0.6) is 0 Å². The van der Waals surface area contributed by atoms with Gasteiger partial charge in [-0.3, -0.25) is 14.4 Å². The maximum atomic E-state index is 12.9. The third-order valence-electron chi connectivity index (χ3n) is 6.75. The fraction of sp³-hybridized carbons (Fsp3) is 0.792. The van der Waals surface area contributed by atoms with Crippen LogP contribution < -0.4 is 0 Å². The first-order valence-corrected chi connectivity index (χ1v) is 12.0. The summed E-state index contributed by atoms with van der Waals surface area (Å²) >= 11 is 0. The number of rotatable bonds is 7. The van der Waals surface area contributed by atoms with Gasteiger partial charge in [0.1, 0.15) is 6.10 Å². The van der Waals surface area contributed by atoms with Crippen LogP contribution in [0, 0.1) is 11.8 Å². The van der Waals surface area contributed by atoms with E-state index in [9.17, 15) is 14.4 Å². The van der Waals surface area contributed by atoms with Crippen molar-refractivity contribution in [2.75, 3.05) is 39.3 Å². The van der Waals surface area contributed by atoms with Crippen molar-refractivity contribution in [3.05, 3.63) is 12.2 Å². The number of piperazine rings is 1. The van der Waals surface area contributed by atoms with Crippen LogP contribution in [0.4, 0.5) is 0 Å². The summed E-state index contributed by atoms with van der Waals surface area (Å²) < 4.78 is 5.68. The second kappa shape index (κ2) is 11.1. The van der Waals surface area contributed by atoms with Crippen LogP contribution in [0.3, 0.4) is 0 Å². The van der Waals surface area contributed by atoms with Gasteiger partial charge in [-0.15, -0.1) is 0 Å². The molecule has 3 unspecified atom stereocenters. The molecule has 0 aromatic rings. The lowest BCUT2D eigenvalue weighted by atomic mass is 9.92. The van der Waals surface area contributed by atoms with Gasteiger partial charge >= 0.3 is 0 Å². The summed E-state index contributed by atoms with van der Waals surface area (Å²) in [4.78, 5) is 44.0. The minimum atomic E-state index is -0.523. The van der Waals surface area contributed by atoms with Gasteiger partial charge < -0.3 is 19.4 Å². The molecule has 3 rings (SSSR count). The molecule has 7 heteroatoms. The first-order chi connectivity index (χ1) is 14.9. The Balaban J connectivity index is 1.49. The molecule has 0 bridgehead atoms. The fourth-order valence-electron chi connectivity index (χ4n) is 4.75. The molecule has 174 valence electrons. The molecule has 31 heavy (non-hydrogen) atoms. The molecule has 7 nitrogen and oxygen atoms in total. The van der Waals surface area contributed by atoms with Crippen LogP contribution in [0.15, 0.2) is 12.2 Å². The molecule has 3 amide bonds. The van der Waals surface area contributed by atoms with Crippen LogP contribution in [-0.4, -0.2) is 83.9 Å². The van der Waals surface area contributed by atoms with Gasteiger partial charge in [0.2, 0.25) is 11.8 Å². The topological polar surface area (TPSA) is 70.2 Å². The van der Waals surface area contributed by atoms with E-state index in [0.717, 1.165) is 45.1 Å². The predicted molar refractivity (Wildman–Crippen MR) is 119 cm³/mol. The maximum Gasteiger partial charge on any atom is 0.251 e. The second-order valence-electron chi connectivity index (χ2n) is 9.60. The number of carbonyl (C=O) groups is 3. The highest BCUT2D eigenvalue weighted by Gasteiger charge is 2.37. The molecule has 3 aliphatic rings. The molecule has 2 heterocycles. The largest absolute Gasteiger partial charge is 0.369 e. The smallest absolute Gasteiger partial charge is 0.251 e. The van der Waals surface area contributed by atoms with Gasteiger partial charge in [-0.2, -0.15) is 0 Å². The van der Waals surface area contributed by atoms with Crippen LogP contribution in [-0.2, 0) is 19.1 Å². The van der Waals surface area contributed by atoms with Crippen molar-refractivity contribution >= 4 is 17.7 Å². The van der Waals surface area contributed by atoms with Crippen LogP contribution in [0.2, 0.25) is 0 Å². The molecule has 2 aliphatic heterocycles. The Morgan fingerprint density at radius 1 is 1.10 bits per heavy atom.